The van der Waals surface area contributed by atoms with E-state index in [2.05, 4.69) is 4.98 Å². The molecule has 0 unspecified atom stereocenters. The molecule has 0 amide bonds. The van der Waals surface area contributed by atoms with Gasteiger partial charge in [0.05, 0.1) is 13.3 Å². The Hall–Kier alpha value is -2.32. The van der Waals surface area contributed by atoms with Crippen LogP contribution in [0.2, 0.25) is 0 Å². The molecule has 8 heteroatoms. The lowest BCUT2D eigenvalue weighted by Gasteiger charge is -2.20. The third-order valence-corrected chi connectivity index (χ3v) is 2.77. The van der Waals surface area contributed by atoms with E-state index in [0.29, 0.717) is 5.75 Å². The van der Waals surface area contributed by atoms with Crippen molar-refractivity contribution in [1.29, 1.82) is 0 Å². The van der Waals surface area contributed by atoms with Crippen molar-refractivity contribution in [2.24, 2.45) is 0 Å². The Balaban J connectivity index is 2.16. The lowest BCUT2D eigenvalue weighted by atomic mass is 10.2. The van der Waals surface area contributed by atoms with Gasteiger partial charge in [-0.05, 0) is 23.8 Å². The minimum absolute atomic E-state index is 0.0532. The summed E-state index contributed by atoms with van der Waals surface area (Å²) in [7, 11) is 1.53. The molecule has 0 saturated heterocycles. The van der Waals surface area contributed by atoms with Gasteiger partial charge in [-0.1, -0.05) is 18.2 Å². The normalized spacial score (nSPS) is 12.8. The summed E-state index contributed by atoms with van der Waals surface area (Å²) < 4.78 is 47.0. The summed E-state index contributed by atoms with van der Waals surface area (Å²) in [6.45, 7) is 0. The van der Waals surface area contributed by atoms with E-state index in [0.717, 1.165) is 11.8 Å². The molecule has 22 heavy (non-hydrogen) atoms. The van der Waals surface area contributed by atoms with Gasteiger partial charge in [0.15, 0.2) is 0 Å². The SMILES string of the molecule is COc1ccc(/C=C/c2cnc(C(O)(O)C(F)(F)F)o2)cc1. The fourth-order valence-electron chi connectivity index (χ4n) is 1.54. The number of oxazole rings is 1. The van der Waals surface area contributed by atoms with Crippen molar-refractivity contribution in [1.82, 2.24) is 4.98 Å². The van der Waals surface area contributed by atoms with Gasteiger partial charge in [-0.15, -0.1) is 0 Å². The highest BCUT2D eigenvalue weighted by molar-refractivity contribution is 5.67. The summed E-state index contributed by atoms with van der Waals surface area (Å²) >= 11 is 0. The van der Waals surface area contributed by atoms with Gasteiger partial charge >= 0.3 is 12.0 Å². The van der Waals surface area contributed by atoms with Gasteiger partial charge in [-0.25, -0.2) is 4.98 Å². The molecule has 0 spiro atoms. The molecule has 0 aliphatic carbocycles. The summed E-state index contributed by atoms with van der Waals surface area (Å²) in [6, 6.07) is 6.87. The van der Waals surface area contributed by atoms with E-state index in [4.69, 9.17) is 19.4 Å². The smallest absolute Gasteiger partial charge is 0.453 e. The maximum Gasteiger partial charge on any atom is 0.453 e. The van der Waals surface area contributed by atoms with Crippen LogP contribution in [0.3, 0.4) is 0 Å². The third-order valence-electron chi connectivity index (χ3n) is 2.77. The van der Waals surface area contributed by atoms with E-state index in [1.54, 1.807) is 30.3 Å². The first kappa shape index (κ1) is 16.1. The monoisotopic (exact) mass is 315 g/mol. The zero-order chi connectivity index (χ0) is 16.4. The van der Waals surface area contributed by atoms with Gasteiger partial charge in [0.1, 0.15) is 11.5 Å². The van der Waals surface area contributed by atoms with Crippen LogP contribution >= 0.6 is 0 Å². The molecular formula is C14H12F3NO4. The van der Waals surface area contributed by atoms with Gasteiger partial charge in [0.2, 0.25) is 0 Å². The Morgan fingerprint density at radius 2 is 1.77 bits per heavy atom. The van der Waals surface area contributed by atoms with E-state index >= 15 is 0 Å². The lowest BCUT2D eigenvalue weighted by molar-refractivity contribution is -0.366. The van der Waals surface area contributed by atoms with Crippen molar-refractivity contribution in [3.63, 3.8) is 0 Å². The standard InChI is InChI=1S/C14H12F3NO4/c1-21-10-5-2-9(3-6-10)4-7-11-8-18-12(22-11)13(19,20)14(15,16)17/h2-8,19-20H,1H3/b7-4+. The maximum atomic E-state index is 12.4. The van der Waals surface area contributed by atoms with Crippen LogP contribution in [-0.2, 0) is 5.79 Å². The minimum atomic E-state index is -5.31. The van der Waals surface area contributed by atoms with E-state index in [9.17, 15) is 13.2 Å². The van der Waals surface area contributed by atoms with Crippen molar-refractivity contribution < 1.29 is 32.5 Å². The van der Waals surface area contributed by atoms with Crippen molar-refractivity contribution in [2.45, 2.75) is 12.0 Å². The Bertz CT molecular complexity index is 659. The van der Waals surface area contributed by atoms with Crippen LogP contribution < -0.4 is 4.74 Å². The Labute approximate surface area is 123 Å². The van der Waals surface area contributed by atoms with Gasteiger partial charge in [0.25, 0.3) is 5.89 Å². The zero-order valence-corrected chi connectivity index (χ0v) is 11.3. The second kappa shape index (κ2) is 5.82. The highest BCUT2D eigenvalue weighted by Gasteiger charge is 2.58. The molecule has 2 N–H and O–H groups in total. The Morgan fingerprint density at radius 3 is 2.32 bits per heavy atom. The second-order valence-corrected chi connectivity index (χ2v) is 4.34. The van der Waals surface area contributed by atoms with E-state index in [1.807, 2.05) is 0 Å². The molecular weight excluding hydrogens is 303 g/mol. The number of aliphatic hydroxyl groups is 2. The van der Waals surface area contributed by atoms with Crippen LogP contribution in [0.4, 0.5) is 13.2 Å². The molecule has 0 saturated carbocycles. The Kier molecular flexibility index (Phi) is 4.25. The van der Waals surface area contributed by atoms with Gasteiger partial charge in [-0.3, -0.25) is 0 Å². The maximum absolute atomic E-state index is 12.4. The summed E-state index contributed by atoms with van der Waals surface area (Å²) in [5, 5.41) is 18.0. The molecule has 0 bridgehead atoms. The van der Waals surface area contributed by atoms with Crippen molar-refractivity contribution in [2.75, 3.05) is 7.11 Å². The van der Waals surface area contributed by atoms with Gasteiger partial charge < -0.3 is 19.4 Å². The third kappa shape index (κ3) is 3.29. The molecule has 1 aromatic carbocycles. The number of rotatable bonds is 4. The largest absolute Gasteiger partial charge is 0.497 e. The number of hydrogen-bond acceptors (Lipinski definition) is 5. The number of nitrogens with zero attached hydrogens (tertiary/aromatic N) is 1. The van der Waals surface area contributed by atoms with Crippen LogP contribution in [0, 0.1) is 0 Å². The molecule has 0 fully saturated rings. The molecule has 2 aromatic rings. The van der Waals surface area contributed by atoms with E-state index in [1.165, 1.54) is 13.2 Å². The van der Waals surface area contributed by atoms with Crippen LogP contribution in [0.1, 0.15) is 17.2 Å². The molecule has 118 valence electrons. The number of benzene rings is 1. The van der Waals surface area contributed by atoms with Crippen LogP contribution in [0.5, 0.6) is 5.75 Å². The number of hydrogen-bond donors (Lipinski definition) is 2. The predicted octanol–water partition coefficient (Wildman–Crippen LogP) is 2.55. The summed E-state index contributed by atoms with van der Waals surface area (Å²) in [5.41, 5.74) is 0.744. The minimum Gasteiger partial charge on any atom is -0.497 e. The van der Waals surface area contributed by atoms with E-state index in [-0.39, 0.29) is 5.76 Å². The number of ether oxygens (including phenoxy) is 1. The van der Waals surface area contributed by atoms with Gasteiger partial charge in [-0.2, -0.15) is 13.2 Å². The van der Waals surface area contributed by atoms with Crippen LogP contribution in [0.25, 0.3) is 12.2 Å². The molecule has 1 heterocycles. The first-order chi connectivity index (χ1) is 10.2. The van der Waals surface area contributed by atoms with Crippen molar-refractivity contribution in [3.8, 4) is 5.75 Å². The van der Waals surface area contributed by atoms with Crippen LogP contribution in [0.15, 0.2) is 34.9 Å². The molecule has 1 aromatic heterocycles. The highest BCUT2D eigenvalue weighted by atomic mass is 19.4. The summed E-state index contributed by atoms with van der Waals surface area (Å²) in [6.07, 6.45) is -1.43. The number of halogens is 3. The Morgan fingerprint density at radius 1 is 1.14 bits per heavy atom. The van der Waals surface area contributed by atoms with Crippen molar-refractivity contribution in [3.05, 3.63) is 47.7 Å². The summed E-state index contributed by atoms with van der Waals surface area (Å²) in [5.74, 6) is -4.76. The quantitative estimate of drug-likeness (QED) is 0.848. The average molecular weight is 315 g/mol. The predicted molar refractivity (Wildman–Crippen MR) is 70.6 cm³/mol. The molecule has 5 nitrogen and oxygen atoms in total. The lowest BCUT2D eigenvalue weighted by Crippen LogP contribution is -2.42. The van der Waals surface area contributed by atoms with Crippen LogP contribution in [-0.4, -0.2) is 28.5 Å². The summed E-state index contributed by atoms with van der Waals surface area (Å²) in [4.78, 5) is 3.24. The molecule has 0 atom stereocenters. The molecule has 0 radical (unpaired) electrons. The second-order valence-electron chi connectivity index (χ2n) is 4.34. The van der Waals surface area contributed by atoms with Crippen molar-refractivity contribution >= 4 is 12.2 Å². The fraction of sp³-hybridized carbons (Fsp3) is 0.214. The van der Waals surface area contributed by atoms with Gasteiger partial charge in [0, 0.05) is 0 Å². The topological polar surface area (TPSA) is 75.7 Å². The molecule has 0 aliphatic rings. The number of methoxy groups -OCH3 is 1. The first-order valence-electron chi connectivity index (χ1n) is 6.04. The first-order valence-corrected chi connectivity index (χ1v) is 6.04. The molecule has 2 rings (SSSR count). The number of alkyl halides is 3. The number of aromatic nitrogens is 1. The fourth-order valence-corrected chi connectivity index (χ4v) is 1.54. The zero-order valence-electron chi connectivity index (χ0n) is 11.3. The van der Waals surface area contributed by atoms with E-state index < -0.39 is 17.9 Å². The average Bonchev–Trinajstić information content (AvgIpc) is 2.94. The highest BCUT2D eigenvalue weighted by Crippen LogP contribution is 2.36. The molecule has 0 aliphatic heterocycles.